The van der Waals surface area contributed by atoms with E-state index in [2.05, 4.69) is 11.0 Å². The van der Waals surface area contributed by atoms with Crippen LogP contribution in [-0.2, 0) is 10.0 Å². The largest absolute Gasteiger partial charge is 0.309 e. The minimum absolute atomic E-state index is 0. The number of piperidine rings is 1. The number of aromatic nitrogens is 1. The SMILES string of the molecule is Cc1ccc2nc(N(CCCN(C)C)C(=O)c3ccc(S(=O)(=O)N4CCCCC4)cc3)sc2c1.Cl. The monoisotopic (exact) mass is 536 g/mol. The summed E-state index contributed by atoms with van der Waals surface area (Å²) < 4.78 is 28.5. The zero-order chi connectivity index (χ0) is 24.3. The number of anilines is 1. The topological polar surface area (TPSA) is 73.8 Å². The van der Waals surface area contributed by atoms with Gasteiger partial charge >= 0.3 is 0 Å². The smallest absolute Gasteiger partial charge is 0.260 e. The molecule has 0 saturated carbocycles. The second-order valence-corrected chi connectivity index (χ2v) is 12.0. The van der Waals surface area contributed by atoms with Gasteiger partial charge in [-0.25, -0.2) is 13.4 Å². The Labute approximate surface area is 218 Å². The molecule has 1 amide bonds. The van der Waals surface area contributed by atoms with Crippen LogP contribution in [0.2, 0.25) is 0 Å². The van der Waals surface area contributed by atoms with Crippen LogP contribution in [0.25, 0.3) is 10.2 Å². The number of aryl methyl sites for hydroxylation is 1. The van der Waals surface area contributed by atoms with Crippen molar-refractivity contribution < 1.29 is 13.2 Å². The third-order valence-corrected chi connectivity index (χ3v) is 9.00. The van der Waals surface area contributed by atoms with E-state index in [9.17, 15) is 13.2 Å². The molecule has 7 nitrogen and oxygen atoms in total. The molecule has 10 heteroatoms. The maximum atomic E-state index is 13.5. The normalized spacial score (nSPS) is 14.7. The highest BCUT2D eigenvalue weighted by Crippen LogP contribution is 2.31. The lowest BCUT2D eigenvalue weighted by molar-refractivity contribution is 0.0986. The first-order valence-electron chi connectivity index (χ1n) is 11.7. The van der Waals surface area contributed by atoms with Gasteiger partial charge in [0, 0.05) is 25.2 Å². The van der Waals surface area contributed by atoms with Crippen molar-refractivity contribution >= 4 is 55.0 Å². The maximum absolute atomic E-state index is 13.5. The fourth-order valence-electron chi connectivity index (χ4n) is 4.14. The van der Waals surface area contributed by atoms with E-state index >= 15 is 0 Å². The van der Waals surface area contributed by atoms with E-state index in [1.165, 1.54) is 11.3 Å². The molecule has 1 fully saturated rings. The lowest BCUT2D eigenvalue weighted by Gasteiger charge is -2.26. The number of hydrogen-bond donors (Lipinski definition) is 0. The van der Waals surface area contributed by atoms with Crippen LogP contribution in [0.5, 0.6) is 0 Å². The minimum Gasteiger partial charge on any atom is -0.309 e. The first-order valence-corrected chi connectivity index (χ1v) is 14.0. The van der Waals surface area contributed by atoms with E-state index in [1.54, 1.807) is 33.5 Å². The third-order valence-electron chi connectivity index (χ3n) is 6.05. The van der Waals surface area contributed by atoms with Crippen LogP contribution in [0.3, 0.4) is 0 Å². The molecule has 2 aromatic carbocycles. The molecule has 1 aromatic heterocycles. The van der Waals surface area contributed by atoms with Crippen LogP contribution in [0, 0.1) is 6.92 Å². The van der Waals surface area contributed by atoms with Crippen LogP contribution in [0.4, 0.5) is 5.13 Å². The fraction of sp³-hybridized carbons (Fsp3) is 0.440. The lowest BCUT2D eigenvalue weighted by Crippen LogP contribution is -2.35. The highest BCUT2D eigenvalue weighted by molar-refractivity contribution is 7.89. The van der Waals surface area contributed by atoms with E-state index in [4.69, 9.17) is 4.98 Å². The summed E-state index contributed by atoms with van der Waals surface area (Å²) in [4.78, 5) is 22.3. The lowest BCUT2D eigenvalue weighted by atomic mass is 10.2. The number of halogens is 1. The van der Waals surface area contributed by atoms with Gasteiger partial charge in [0.1, 0.15) is 0 Å². The Morgan fingerprint density at radius 3 is 2.37 bits per heavy atom. The Morgan fingerprint density at radius 1 is 1.03 bits per heavy atom. The molecule has 0 atom stereocenters. The molecular weight excluding hydrogens is 504 g/mol. The van der Waals surface area contributed by atoms with Gasteiger partial charge in [-0.1, -0.05) is 23.8 Å². The summed E-state index contributed by atoms with van der Waals surface area (Å²) in [5.41, 5.74) is 2.48. The van der Waals surface area contributed by atoms with Crippen LogP contribution >= 0.6 is 23.7 Å². The molecule has 0 spiro atoms. The standard InChI is InChI=1S/C25H32N4O3S2.ClH/c1-19-8-13-22-23(18-19)33-25(26-22)29(17-7-14-27(2)3)24(30)20-9-11-21(12-10-20)34(31,32)28-15-5-4-6-16-28;/h8-13,18H,4-7,14-17H2,1-3H3;1H. The van der Waals surface area contributed by atoms with Gasteiger partial charge in [0.15, 0.2) is 5.13 Å². The summed E-state index contributed by atoms with van der Waals surface area (Å²) in [7, 11) is 0.487. The molecule has 35 heavy (non-hydrogen) atoms. The quantitative estimate of drug-likeness (QED) is 0.413. The molecule has 4 rings (SSSR count). The highest BCUT2D eigenvalue weighted by atomic mass is 35.5. The zero-order valence-corrected chi connectivity index (χ0v) is 22.9. The number of carbonyl (C=O) groups excluding carboxylic acids is 1. The number of rotatable bonds is 8. The molecular formula is C25H33ClN4O3S2. The van der Waals surface area contributed by atoms with E-state index in [0.29, 0.717) is 30.3 Å². The molecule has 1 saturated heterocycles. The van der Waals surface area contributed by atoms with Crippen LogP contribution in [0.1, 0.15) is 41.6 Å². The second-order valence-electron chi connectivity index (χ2n) is 9.07. The van der Waals surface area contributed by atoms with E-state index < -0.39 is 10.0 Å². The van der Waals surface area contributed by atoms with Crippen LogP contribution in [0.15, 0.2) is 47.4 Å². The van der Waals surface area contributed by atoms with Gasteiger partial charge in [-0.15, -0.1) is 12.4 Å². The highest BCUT2D eigenvalue weighted by Gasteiger charge is 2.27. The predicted molar refractivity (Wildman–Crippen MR) is 146 cm³/mol. The zero-order valence-electron chi connectivity index (χ0n) is 20.4. The summed E-state index contributed by atoms with van der Waals surface area (Å²) >= 11 is 1.51. The molecule has 2 heterocycles. The summed E-state index contributed by atoms with van der Waals surface area (Å²) in [6.45, 7) is 4.53. The van der Waals surface area contributed by atoms with E-state index in [0.717, 1.165) is 48.0 Å². The Morgan fingerprint density at radius 2 is 1.71 bits per heavy atom. The van der Waals surface area contributed by atoms with Crippen LogP contribution in [-0.4, -0.2) is 68.8 Å². The first-order chi connectivity index (χ1) is 16.3. The summed E-state index contributed by atoms with van der Waals surface area (Å²) in [5, 5.41) is 0.661. The average Bonchev–Trinajstić information content (AvgIpc) is 3.24. The maximum Gasteiger partial charge on any atom is 0.260 e. The molecule has 3 aromatic rings. The molecule has 0 radical (unpaired) electrons. The molecule has 1 aliphatic rings. The fourth-order valence-corrected chi connectivity index (χ4v) is 6.75. The van der Waals surface area contributed by atoms with Gasteiger partial charge < -0.3 is 4.90 Å². The van der Waals surface area contributed by atoms with Gasteiger partial charge in [0.2, 0.25) is 10.0 Å². The minimum atomic E-state index is -3.53. The Bertz CT molecular complexity index is 1250. The van der Waals surface area contributed by atoms with Crippen molar-refractivity contribution in [2.75, 3.05) is 45.2 Å². The van der Waals surface area contributed by atoms with Crippen molar-refractivity contribution in [2.24, 2.45) is 0 Å². The Kier molecular flexibility index (Phi) is 9.28. The second kappa shape index (κ2) is 11.8. The molecule has 1 aliphatic heterocycles. The van der Waals surface area contributed by atoms with E-state index in [-0.39, 0.29) is 23.2 Å². The van der Waals surface area contributed by atoms with Crippen molar-refractivity contribution in [1.29, 1.82) is 0 Å². The van der Waals surface area contributed by atoms with Gasteiger partial charge in [-0.3, -0.25) is 9.69 Å². The third kappa shape index (κ3) is 6.40. The summed E-state index contributed by atoms with van der Waals surface area (Å²) in [5.74, 6) is -0.170. The predicted octanol–water partition coefficient (Wildman–Crippen LogP) is 4.80. The Hall–Kier alpha value is -2.04. The average molecular weight is 537 g/mol. The Balaban J connectivity index is 0.00000342. The number of sulfonamides is 1. The number of carbonyl (C=O) groups is 1. The molecule has 0 bridgehead atoms. The van der Waals surface area contributed by atoms with Crippen molar-refractivity contribution in [3.8, 4) is 0 Å². The number of amides is 1. The van der Waals surface area contributed by atoms with Gasteiger partial charge in [-0.05, 0) is 88.8 Å². The van der Waals surface area contributed by atoms with Gasteiger partial charge in [0.25, 0.3) is 5.91 Å². The molecule has 0 N–H and O–H groups in total. The number of hydrogen-bond acceptors (Lipinski definition) is 6. The van der Waals surface area contributed by atoms with Crippen LogP contribution < -0.4 is 4.90 Å². The first kappa shape index (κ1) is 27.5. The molecule has 0 unspecified atom stereocenters. The summed E-state index contributed by atoms with van der Waals surface area (Å²) in [6.07, 6.45) is 3.64. The molecule has 0 aliphatic carbocycles. The number of benzene rings is 2. The summed E-state index contributed by atoms with van der Waals surface area (Å²) in [6, 6.07) is 12.4. The van der Waals surface area contributed by atoms with Crippen molar-refractivity contribution in [3.63, 3.8) is 0 Å². The molecule has 190 valence electrons. The number of nitrogens with zero attached hydrogens (tertiary/aromatic N) is 4. The number of thiazole rings is 1. The van der Waals surface area contributed by atoms with Crippen molar-refractivity contribution in [3.05, 3.63) is 53.6 Å². The van der Waals surface area contributed by atoms with E-state index in [1.807, 2.05) is 33.2 Å². The van der Waals surface area contributed by atoms with Gasteiger partial charge in [0.05, 0.1) is 15.1 Å². The number of fused-ring (bicyclic) bond motifs is 1. The van der Waals surface area contributed by atoms with Gasteiger partial charge in [-0.2, -0.15) is 4.31 Å². The van der Waals surface area contributed by atoms with Crippen molar-refractivity contribution in [2.45, 2.75) is 37.5 Å². The van der Waals surface area contributed by atoms with Crippen molar-refractivity contribution in [1.82, 2.24) is 14.2 Å².